The lowest BCUT2D eigenvalue weighted by molar-refractivity contribution is -0.142. The van der Waals surface area contributed by atoms with Crippen molar-refractivity contribution in [3.63, 3.8) is 0 Å². The first-order valence-corrected chi connectivity index (χ1v) is 6.86. The highest BCUT2D eigenvalue weighted by Gasteiger charge is 2.37. The van der Waals surface area contributed by atoms with Gasteiger partial charge in [-0.3, -0.25) is 9.59 Å². The molecule has 1 aliphatic heterocycles. The quantitative estimate of drug-likeness (QED) is 0.756. The minimum atomic E-state index is -0.879. The minimum Gasteiger partial charge on any atom is -0.481 e. The molecule has 0 aromatic rings. The molecule has 0 aromatic heterocycles. The Hall–Kier alpha value is -1.79. The van der Waals surface area contributed by atoms with E-state index in [9.17, 15) is 14.4 Å². The Balaban J connectivity index is 2.49. The van der Waals surface area contributed by atoms with E-state index in [-0.39, 0.29) is 30.9 Å². The molecule has 0 spiro atoms. The van der Waals surface area contributed by atoms with E-state index in [2.05, 4.69) is 5.32 Å². The summed E-state index contributed by atoms with van der Waals surface area (Å²) in [4.78, 5) is 37.5. The molecule has 3 amide bonds. The Kier molecular flexibility index (Phi) is 5.79. The van der Waals surface area contributed by atoms with E-state index < -0.39 is 11.9 Å². The number of carboxylic acids is 1. The topological polar surface area (TPSA) is 90.0 Å². The van der Waals surface area contributed by atoms with Crippen LogP contribution < -0.4 is 5.32 Å². The van der Waals surface area contributed by atoms with Crippen LogP contribution in [0.4, 0.5) is 4.79 Å². The predicted molar refractivity (Wildman–Crippen MR) is 73.2 cm³/mol. The number of nitrogens with one attached hydrogen (secondary N) is 1. The zero-order valence-electron chi connectivity index (χ0n) is 12.3. The number of urea groups is 1. The third-order valence-corrected chi connectivity index (χ3v) is 3.48. The smallest absolute Gasteiger partial charge is 0.320 e. The van der Waals surface area contributed by atoms with Crippen LogP contribution in [0, 0.1) is 11.8 Å². The maximum Gasteiger partial charge on any atom is 0.320 e. The summed E-state index contributed by atoms with van der Waals surface area (Å²) < 4.78 is 0. The summed E-state index contributed by atoms with van der Waals surface area (Å²) in [6, 6.07) is -0.299. The van der Waals surface area contributed by atoms with Crippen molar-refractivity contribution in [3.8, 4) is 0 Å². The van der Waals surface area contributed by atoms with Gasteiger partial charge in [-0.1, -0.05) is 13.8 Å². The third-order valence-electron chi connectivity index (χ3n) is 3.48. The Morgan fingerprint density at radius 2 is 2.00 bits per heavy atom. The van der Waals surface area contributed by atoms with Crippen LogP contribution in [0.25, 0.3) is 0 Å². The number of carbonyl (C=O) groups excluding carboxylic acids is 2. The van der Waals surface area contributed by atoms with Gasteiger partial charge in [0.15, 0.2) is 0 Å². The Labute approximate surface area is 118 Å². The zero-order valence-corrected chi connectivity index (χ0v) is 12.3. The van der Waals surface area contributed by atoms with Crippen LogP contribution in [0.2, 0.25) is 0 Å². The average molecular weight is 285 g/mol. The Morgan fingerprint density at radius 3 is 2.50 bits per heavy atom. The van der Waals surface area contributed by atoms with Crippen molar-refractivity contribution >= 4 is 17.9 Å². The van der Waals surface area contributed by atoms with Crippen molar-refractivity contribution in [2.24, 2.45) is 11.8 Å². The molecule has 7 heteroatoms. The van der Waals surface area contributed by atoms with E-state index in [0.29, 0.717) is 13.1 Å². The second-order valence-electron chi connectivity index (χ2n) is 5.32. The van der Waals surface area contributed by atoms with Crippen LogP contribution in [0.3, 0.4) is 0 Å². The van der Waals surface area contributed by atoms with E-state index in [0.717, 1.165) is 6.42 Å². The molecule has 20 heavy (non-hydrogen) atoms. The second kappa shape index (κ2) is 7.12. The van der Waals surface area contributed by atoms with Crippen molar-refractivity contribution in [2.75, 3.05) is 33.2 Å². The monoisotopic (exact) mass is 285 g/mol. The highest BCUT2D eigenvalue weighted by atomic mass is 16.4. The maximum absolute atomic E-state index is 12.1. The van der Waals surface area contributed by atoms with E-state index >= 15 is 0 Å². The largest absolute Gasteiger partial charge is 0.481 e. The van der Waals surface area contributed by atoms with Gasteiger partial charge in [-0.25, -0.2) is 4.79 Å². The highest BCUT2D eigenvalue weighted by molar-refractivity contribution is 5.84. The van der Waals surface area contributed by atoms with Crippen LogP contribution in [-0.4, -0.2) is 66.0 Å². The first-order valence-electron chi connectivity index (χ1n) is 6.86. The fourth-order valence-electron chi connectivity index (χ4n) is 2.29. The SMILES string of the molecule is CCCNC(=O)CN(C)C(=O)N1CC(C)C(C(=O)O)C1. The number of likely N-dealkylation sites (N-methyl/N-ethyl adjacent to an activating group) is 1. The van der Waals surface area contributed by atoms with E-state index in [1.165, 1.54) is 9.80 Å². The molecule has 2 atom stereocenters. The van der Waals surface area contributed by atoms with Crippen molar-refractivity contribution in [1.82, 2.24) is 15.1 Å². The minimum absolute atomic E-state index is 0.0124. The van der Waals surface area contributed by atoms with Gasteiger partial charge in [-0.2, -0.15) is 0 Å². The molecule has 0 bridgehead atoms. The van der Waals surface area contributed by atoms with E-state index in [1.807, 2.05) is 13.8 Å². The number of nitrogens with zero attached hydrogens (tertiary/aromatic N) is 2. The molecular weight excluding hydrogens is 262 g/mol. The average Bonchev–Trinajstić information content (AvgIpc) is 2.77. The van der Waals surface area contributed by atoms with Gasteiger partial charge >= 0.3 is 12.0 Å². The number of aliphatic carboxylic acids is 1. The van der Waals surface area contributed by atoms with Gasteiger partial charge in [0, 0.05) is 26.7 Å². The van der Waals surface area contributed by atoms with Gasteiger partial charge in [0.2, 0.25) is 5.91 Å². The summed E-state index contributed by atoms with van der Waals surface area (Å²) in [5.41, 5.74) is 0. The van der Waals surface area contributed by atoms with Gasteiger partial charge in [0.25, 0.3) is 0 Å². The van der Waals surface area contributed by atoms with Gasteiger partial charge in [-0.15, -0.1) is 0 Å². The number of hydrogen-bond acceptors (Lipinski definition) is 3. The number of rotatable bonds is 5. The first-order chi connectivity index (χ1) is 9.36. The van der Waals surface area contributed by atoms with E-state index in [4.69, 9.17) is 5.11 Å². The highest BCUT2D eigenvalue weighted by Crippen LogP contribution is 2.23. The first kappa shape index (κ1) is 16.3. The lowest BCUT2D eigenvalue weighted by Gasteiger charge is -2.24. The number of hydrogen-bond donors (Lipinski definition) is 2. The van der Waals surface area contributed by atoms with Crippen molar-refractivity contribution < 1.29 is 19.5 Å². The molecule has 0 aromatic carbocycles. The molecule has 1 rings (SSSR count). The Bertz CT molecular complexity index is 386. The normalized spacial score (nSPS) is 21.6. The molecule has 0 radical (unpaired) electrons. The van der Waals surface area contributed by atoms with Crippen molar-refractivity contribution in [1.29, 1.82) is 0 Å². The van der Waals surface area contributed by atoms with E-state index in [1.54, 1.807) is 7.05 Å². The Morgan fingerprint density at radius 1 is 1.35 bits per heavy atom. The van der Waals surface area contributed by atoms with Crippen LogP contribution in [0.5, 0.6) is 0 Å². The molecule has 7 nitrogen and oxygen atoms in total. The molecule has 2 N–H and O–H groups in total. The summed E-state index contributed by atoms with van der Waals surface area (Å²) in [6.07, 6.45) is 0.841. The lowest BCUT2D eigenvalue weighted by atomic mass is 9.99. The van der Waals surface area contributed by atoms with Gasteiger partial charge in [0.05, 0.1) is 5.92 Å². The standard InChI is InChI=1S/C13H23N3O4/c1-4-5-14-11(17)8-15(3)13(20)16-6-9(2)10(7-16)12(18)19/h9-10H,4-8H2,1-3H3,(H,14,17)(H,18,19). The van der Waals surface area contributed by atoms with Crippen LogP contribution in [0.15, 0.2) is 0 Å². The second-order valence-corrected chi connectivity index (χ2v) is 5.32. The predicted octanol–water partition coefficient (Wildman–Crippen LogP) is 0.217. The number of carbonyl (C=O) groups is 3. The molecule has 2 unspecified atom stereocenters. The molecular formula is C13H23N3O4. The summed E-state index contributed by atoms with van der Waals surface area (Å²) in [5, 5.41) is 11.7. The maximum atomic E-state index is 12.1. The molecule has 114 valence electrons. The van der Waals surface area contributed by atoms with Crippen LogP contribution in [0.1, 0.15) is 20.3 Å². The number of amides is 3. The van der Waals surface area contributed by atoms with Gasteiger partial charge < -0.3 is 20.2 Å². The molecule has 1 saturated heterocycles. The van der Waals surface area contributed by atoms with Crippen molar-refractivity contribution in [2.45, 2.75) is 20.3 Å². The van der Waals surface area contributed by atoms with Crippen LogP contribution in [-0.2, 0) is 9.59 Å². The summed E-state index contributed by atoms with van der Waals surface area (Å²) in [7, 11) is 1.55. The molecule has 1 heterocycles. The van der Waals surface area contributed by atoms with Crippen molar-refractivity contribution in [3.05, 3.63) is 0 Å². The molecule has 1 aliphatic rings. The summed E-state index contributed by atoms with van der Waals surface area (Å²) >= 11 is 0. The molecule has 1 fully saturated rings. The fourth-order valence-corrected chi connectivity index (χ4v) is 2.29. The molecule has 0 aliphatic carbocycles. The zero-order chi connectivity index (χ0) is 15.3. The fraction of sp³-hybridized carbons (Fsp3) is 0.769. The van der Waals surface area contributed by atoms with Crippen LogP contribution >= 0.6 is 0 Å². The number of carboxylic acid groups (broad SMARTS) is 1. The lowest BCUT2D eigenvalue weighted by Crippen LogP contribution is -2.45. The third kappa shape index (κ3) is 4.11. The number of likely N-dealkylation sites (tertiary alicyclic amines) is 1. The summed E-state index contributed by atoms with van der Waals surface area (Å²) in [6.45, 7) is 4.96. The summed E-state index contributed by atoms with van der Waals surface area (Å²) in [5.74, 6) is -1.68. The molecule has 0 saturated carbocycles. The van der Waals surface area contributed by atoms with Gasteiger partial charge in [0.1, 0.15) is 6.54 Å². The van der Waals surface area contributed by atoms with Gasteiger partial charge in [-0.05, 0) is 12.3 Å².